The van der Waals surface area contributed by atoms with Gasteiger partial charge in [-0.05, 0) is 34.6 Å². The van der Waals surface area contributed by atoms with Crippen molar-refractivity contribution in [2.75, 3.05) is 32.8 Å². The maximum atomic E-state index is 11.8. The molecule has 0 aromatic rings. The van der Waals surface area contributed by atoms with E-state index in [4.69, 9.17) is 4.74 Å². The van der Waals surface area contributed by atoms with Gasteiger partial charge in [0.05, 0.1) is 19.3 Å². The Bertz CT molecular complexity index is 374. The standard InChI is InChI=1S/C14H26N2O2S2/c1-6-18-11(17)9-15-7-8-16-10-13(2,3)19-20-14(4,5)12(15)16/h12H,6-10H2,1-5H3. The van der Waals surface area contributed by atoms with E-state index in [-0.39, 0.29) is 15.5 Å². The van der Waals surface area contributed by atoms with Crippen molar-refractivity contribution in [3.8, 4) is 0 Å². The largest absolute Gasteiger partial charge is 0.465 e. The number of carbonyl (C=O) groups excluding carboxylic acids is 1. The third-order valence-corrected chi connectivity index (χ3v) is 7.89. The van der Waals surface area contributed by atoms with Crippen molar-refractivity contribution in [1.82, 2.24) is 9.80 Å². The van der Waals surface area contributed by atoms with Crippen molar-refractivity contribution in [2.45, 2.75) is 50.3 Å². The van der Waals surface area contributed by atoms with Crippen LogP contribution in [0.1, 0.15) is 34.6 Å². The molecule has 0 bridgehead atoms. The van der Waals surface area contributed by atoms with Gasteiger partial charge in [-0.3, -0.25) is 14.6 Å². The summed E-state index contributed by atoms with van der Waals surface area (Å²) in [4.78, 5) is 16.6. The fourth-order valence-corrected chi connectivity index (χ4v) is 5.87. The molecule has 0 radical (unpaired) electrons. The van der Waals surface area contributed by atoms with Crippen LogP contribution in [-0.4, -0.2) is 64.2 Å². The number of nitrogens with zero attached hydrogens (tertiary/aromatic N) is 2. The average molecular weight is 319 g/mol. The van der Waals surface area contributed by atoms with Gasteiger partial charge in [0.1, 0.15) is 0 Å². The molecule has 4 nitrogen and oxygen atoms in total. The molecule has 0 saturated carbocycles. The van der Waals surface area contributed by atoms with Crippen molar-refractivity contribution < 1.29 is 9.53 Å². The zero-order valence-corrected chi connectivity index (χ0v) is 14.8. The van der Waals surface area contributed by atoms with Crippen molar-refractivity contribution in [3.05, 3.63) is 0 Å². The van der Waals surface area contributed by atoms with E-state index in [1.807, 2.05) is 28.5 Å². The fourth-order valence-electron chi connectivity index (χ4n) is 3.09. The summed E-state index contributed by atoms with van der Waals surface area (Å²) >= 11 is 0. The first-order valence-corrected chi connectivity index (χ1v) is 9.41. The molecule has 0 spiro atoms. The minimum absolute atomic E-state index is 0.0986. The number of rotatable bonds is 3. The first kappa shape index (κ1) is 16.5. The van der Waals surface area contributed by atoms with Crippen LogP contribution >= 0.6 is 21.6 Å². The van der Waals surface area contributed by atoms with Crippen LogP contribution in [0, 0.1) is 0 Å². The van der Waals surface area contributed by atoms with E-state index in [0.29, 0.717) is 19.3 Å². The average Bonchev–Trinajstić information content (AvgIpc) is 2.66. The maximum absolute atomic E-state index is 11.8. The Hall–Kier alpha value is 0.0900. The van der Waals surface area contributed by atoms with E-state index in [2.05, 4.69) is 37.5 Å². The lowest BCUT2D eigenvalue weighted by Gasteiger charge is -2.38. The molecule has 2 rings (SSSR count). The molecule has 116 valence electrons. The van der Waals surface area contributed by atoms with E-state index in [0.717, 1.165) is 19.6 Å². The fraction of sp³-hybridized carbons (Fsp3) is 0.929. The highest BCUT2D eigenvalue weighted by atomic mass is 33.1. The Morgan fingerprint density at radius 2 is 1.95 bits per heavy atom. The molecular formula is C14H26N2O2S2. The summed E-state index contributed by atoms with van der Waals surface area (Å²) < 4.78 is 5.46. The topological polar surface area (TPSA) is 32.8 Å². The Kier molecular flexibility index (Phi) is 4.99. The van der Waals surface area contributed by atoms with Crippen LogP contribution in [0.2, 0.25) is 0 Å². The van der Waals surface area contributed by atoms with E-state index in [9.17, 15) is 4.79 Å². The zero-order chi connectivity index (χ0) is 15.0. The van der Waals surface area contributed by atoms with E-state index in [1.54, 1.807) is 0 Å². The molecule has 1 unspecified atom stereocenters. The summed E-state index contributed by atoms with van der Waals surface area (Å²) in [6, 6.07) is 0. The number of hydrogen-bond acceptors (Lipinski definition) is 6. The second kappa shape index (κ2) is 6.07. The molecule has 0 aliphatic carbocycles. The summed E-state index contributed by atoms with van der Waals surface area (Å²) in [6.07, 6.45) is 0.311. The first-order valence-electron chi connectivity index (χ1n) is 7.26. The predicted octanol–water partition coefficient (Wildman–Crippen LogP) is 2.45. The van der Waals surface area contributed by atoms with Crippen LogP contribution in [0.4, 0.5) is 0 Å². The van der Waals surface area contributed by atoms with Gasteiger partial charge in [0.25, 0.3) is 0 Å². The van der Waals surface area contributed by atoms with E-state index in [1.165, 1.54) is 0 Å². The minimum Gasteiger partial charge on any atom is -0.465 e. The predicted molar refractivity (Wildman–Crippen MR) is 86.9 cm³/mol. The van der Waals surface area contributed by atoms with Crippen LogP contribution in [-0.2, 0) is 9.53 Å². The zero-order valence-electron chi connectivity index (χ0n) is 13.1. The monoisotopic (exact) mass is 318 g/mol. The van der Waals surface area contributed by atoms with Crippen LogP contribution in [0.5, 0.6) is 0 Å². The Morgan fingerprint density at radius 1 is 1.25 bits per heavy atom. The molecule has 2 fully saturated rings. The summed E-state index contributed by atoms with van der Waals surface area (Å²) in [5.41, 5.74) is 0. The second-order valence-corrected chi connectivity index (χ2v) is 10.1. The Morgan fingerprint density at radius 3 is 2.60 bits per heavy atom. The van der Waals surface area contributed by atoms with Crippen LogP contribution in [0.25, 0.3) is 0 Å². The quantitative estimate of drug-likeness (QED) is 0.587. The summed E-state index contributed by atoms with van der Waals surface area (Å²) in [6.45, 7) is 15.0. The maximum Gasteiger partial charge on any atom is 0.320 e. The second-order valence-electron chi connectivity index (χ2n) is 6.65. The molecule has 2 heterocycles. The van der Waals surface area contributed by atoms with Gasteiger partial charge in [-0.2, -0.15) is 0 Å². The number of ether oxygens (including phenoxy) is 1. The van der Waals surface area contributed by atoms with Gasteiger partial charge in [0.15, 0.2) is 0 Å². The Balaban J connectivity index is 2.13. The molecule has 0 aromatic heterocycles. The molecule has 2 saturated heterocycles. The van der Waals surface area contributed by atoms with Crippen LogP contribution in [0.15, 0.2) is 0 Å². The Labute approximate surface area is 130 Å². The molecule has 20 heavy (non-hydrogen) atoms. The normalized spacial score (nSPS) is 29.8. The van der Waals surface area contributed by atoms with Gasteiger partial charge >= 0.3 is 5.97 Å². The molecule has 0 N–H and O–H groups in total. The molecule has 6 heteroatoms. The van der Waals surface area contributed by atoms with Gasteiger partial charge in [-0.15, -0.1) is 0 Å². The summed E-state index contributed by atoms with van der Waals surface area (Å²) in [7, 11) is 3.92. The van der Waals surface area contributed by atoms with Crippen molar-refractivity contribution >= 4 is 27.6 Å². The first-order chi connectivity index (χ1) is 9.25. The van der Waals surface area contributed by atoms with Gasteiger partial charge in [0, 0.05) is 29.1 Å². The molecule has 1 atom stereocenters. The third-order valence-electron chi connectivity index (χ3n) is 3.69. The number of hydrogen-bond donors (Lipinski definition) is 0. The van der Waals surface area contributed by atoms with Gasteiger partial charge in [-0.1, -0.05) is 21.6 Å². The SMILES string of the molecule is CCOC(=O)CN1CCN2CC(C)(C)SSC(C)(C)C12. The van der Waals surface area contributed by atoms with Crippen molar-refractivity contribution in [1.29, 1.82) is 0 Å². The lowest BCUT2D eigenvalue weighted by Crippen LogP contribution is -2.53. The number of carbonyl (C=O) groups is 1. The van der Waals surface area contributed by atoms with Crippen LogP contribution < -0.4 is 0 Å². The third kappa shape index (κ3) is 3.64. The van der Waals surface area contributed by atoms with E-state index < -0.39 is 0 Å². The molecular weight excluding hydrogens is 292 g/mol. The smallest absolute Gasteiger partial charge is 0.320 e. The molecule has 0 aromatic carbocycles. The van der Waals surface area contributed by atoms with Gasteiger partial charge in [-0.25, -0.2) is 0 Å². The lowest BCUT2D eigenvalue weighted by molar-refractivity contribution is -0.145. The highest BCUT2D eigenvalue weighted by Gasteiger charge is 2.48. The van der Waals surface area contributed by atoms with Gasteiger partial charge in [0.2, 0.25) is 0 Å². The molecule has 2 aliphatic rings. The summed E-state index contributed by atoms with van der Waals surface area (Å²) in [5, 5.41) is 0. The van der Waals surface area contributed by atoms with Crippen LogP contribution in [0.3, 0.4) is 0 Å². The van der Waals surface area contributed by atoms with Crippen molar-refractivity contribution in [2.24, 2.45) is 0 Å². The van der Waals surface area contributed by atoms with Gasteiger partial charge < -0.3 is 4.74 Å². The lowest BCUT2D eigenvalue weighted by atomic mass is 10.1. The van der Waals surface area contributed by atoms with Crippen molar-refractivity contribution in [3.63, 3.8) is 0 Å². The molecule has 2 aliphatic heterocycles. The number of fused-ring (bicyclic) bond motifs is 1. The highest BCUT2D eigenvalue weighted by Crippen LogP contribution is 2.51. The molecule has 0 amide bonds. The highest BCUT2D eigenvalue weighted by molar-refractivity contribution is 8.77. The summed E-state index contributed by atoms with van der Waals surface area (Å²) in [5.74, 6) is -0.105. The number of esters is 1. The van der Waals surface area contributed by atoms with E-state index >= 15 is 0 Å². The minimum atomic E-state index is -0.105.